The van der Waals surface area contributed by atoms with Gasteiger partial charge >= 0.3 is 6.09 Å². The van der Waals surface area contributed by atoms with Crippen LogP contribution in [0.15, 0.2) is 24.3 Å². The Balaban J connectivity index is 1.48. The fraction of sp³-hybridized carbons (Fsp3) is 0.474. The number of piperidine rings is 3. The van der Waals surface area contributed by atoms with Gasteiger partial charge in [0.2, 0.25) is 0 Å². The summed E-state index contributed by atoms with van der Waals surface area (Å²) in [7, 11) is 0. The molecular formula is C19H22N2O3. The number of hydrogen-bond acceptors (Lipinski definition) is 4. The van der Waals surface area contributed by atoms with Crippen LogP contribution in [0.3, 0.4) is 0 Å². The third-order valence-electron chi connectivity index (χ3n) is 5.04. The molecule has 0 radical (unpaired) electrons. The third kappa shape index (κ3) is 3.60. The molecule has 3 saturated heterocycles. The maximum absolute atomic E-state index is 11.9. The number of benzene rings is 1. The van der Waals surface area contributed by atoms with Gasteiger partial charge < -0.3 is 4.74 Å². The van der Waals surface area contributed by atoms with E-state index in [-0.39, 0.29) is 11.8 Å². The third-order valence-corrected chi connectivity index (χ3v) is 5.04. The van der Waals surface area contributed by atoms with Crippen LogP contribution in [0.1, 0.15) is 30.1 Å². The monoisotopic (exact) mass is 326 g/mol. The zero-order valence-electron chi connectivity index (χ0n) is 13.8. The first-order valence-electron chi connectivity index (χ1n) is 8.31. The number of ether oxygens (including phenoxy) is 1. The predicted molar refractivity (Wildman–Crippen MR) is 91.8 cm³/mol. The highest BCUT2D eigenvalue weighted by Crippen LogP contribution is 2.35. The van der Waals surface area contributed by atoms with Crippen LogP contribution in [0.4, 0.5) is 10.5 Å². The smallest absolute Gasteiger partial charge is 0.411 e. The molecule has 0 saturated carbocycles. The molecule has 1 amide bonds. The lowest BCUT2D eigenvalue weighted by molar-refractivity contribution is -0.00665. The Bertz CT molecular complexity index is 662. The van der Waals surface area contributed by atoms with Gasteiger partial charge in [-0.25, -0.2) is 4.79 Å². The summed E-state index contributed by atoms with van der Waals surface area (Å²) in [5.41, 5.74) is 1.23. The Labute approximate surface area is 142 Å². The van der Waals surface area contributed by atoms with Crippen molar-refractivity contribution in [1.82, 2.24) is 4.90 Å². The number of nitrogens with one attached hydrogen (secondary N) is 1. The van der Waals surface area contributed by atoms with Crippen LogP contribution in [-0.2, 0) is 4.74 Å². The van der Waals surface area contributed by atoms with E-state index in [4.69, 9.17) is 11.2 Å². The Morgan fingerprint density at radius 3 is 2.71 bits per heavy atom. The van der Waals surface area contributed by atoms with Crippen LogP contribution in [0.5, 0.6) is 0 Å². The van der Waals surface area contributed by atoms with E-state index in [2.05, 4.69) is 16.1 Å². The average molecular weight is 326 g/mol. The number of Topliss-reactive ketones (excluding diaryl/α,β-unsaturated/α-hetero) is 1. The number of fused-ring (bicyclic) bond motifs is 3. The van der Waals surface area contributed by atoms with Gasteiger partial charge in [0.05, 0.1) is 0 Å². The van der Waals surface area contributed by atoms with Crippen LogP contribution >= 0.6 is 0 Å². The normalized spacial score (nSPS) is 28.0. The molecule has 5 nitrogen and oxygen atoms in total. The van der Waals surface area contributed by atoms with Crippen molar-refractivity contribution in [3.63, 3.8) is 0 Å². The Morgan fingerprint density at radius 2 is 2.12 bits per heavy atom. The van der Waals surface area contributed by atoms with Crippen molar-refractivity contribution in [2.45, 2.75) is 25.8 Å². The second kappa shape index (κ2) is 7.06. The molecule has 24 heavy (non-hydrogen) atoms. The van der Waals surface area contributed by atoms with Crippen molar-refractivity contribution < 1.29 is 14.3 Å². The van der Waals surface area contributed by atoms with Crippen LogP contribution in [-0.4, -0.2) is 42.5 Å². The van der Waals surface area contributed by atoms with Gasteiger partial charge in [0.25, 0.3) is 0 Å². The van der Waals surface area contributed by atoms with E-state index in [1.54, 1.807) is 24.3 Å². The fourth-order valence-electron chi connectivity index (χ4n) is 3.61. The van der Waals surface area contributed by atoms with Gasteiger partial charge in [-0.3, -0.25) is 15.0 Å². The molecule has 1 aromatic rings. The van der Waals surface area contributed by atoms with Crippen molar-refractivity contribution in [3.8, 4) is 12.3 Å². The van der Waals surface area contributed by atoms with Crippen molar-refractivity contribution in [1.29, 1.82) is 0 Å². The number of carbonyl (C=O) groups is 2. The number of hydrogen-bond donors (Lipinski definition) is 1. The first-order valence-corrected chi connectivity index (χ1v) is 8.31. The molecule has 3 fully saturated rings. The minimum Gasteiger partial charge on any atom is -0.448 e. The van der Waals surface area contributed by atoms with Gasteiger partial charge in [0.15, 0.2) is 5.78 Å². The molecular weight excluding hydrogens is 304 g/mol. The van der Waals surface area contributed by atoms with Crippen LogP contribution < -0.4 is 5.32 Å². The van der Waals surface area contributed by atoms with E-state index in [9.17, 15) is 9.59 Å². The van der Waals surface area contributed by atoms with Gasteiger partial charge in [-0.05, 0) is 56.5 Å². The summed E-state index contributed by atoms with van der Waals surface area (Å²) in [6, 6.07) is 7.02. The summed E-state index contributed by atoms with van der Waals surface area (Å²) in [5.74, 6) is 3.76. The van der Waals surface area contributed by atoms with Gasteiger partial charge in [-0.2, -0.15) is 0 Å². The number of rotatable bonds is 4. The maximum atomic E-state index is 11.9. The summed E-state index contributed by atoms with van der Waals surface area (Å²) in [6.07, 6.45) is 7.24. The lowest BCUT2D eigenvalue weighted by atomic mass is 9.76. The van der Waals surface area contributed by atoms with E-state index >= 15 is 0 Å². The lowest BCUT2D eigenvalue weighted by Crippen LogP contribution is -2.54. The number of carbonyl (C=O) groups excluding carboxylic acids is 2. The van der Waals surface area contributed by atoms with E-state index in [1.165, 1.54) is 6.92 Å². The molecule has 4 rings (SSSR count). The molecule has 0 aliphatic carbocycles. The van der Waals surface area contributed by atoms with Gasteiger partial charge in [-0.15, -0.1) is 12.3 Å². The van der Waals surface area contributed by atoms with Gasteiger partial charge in [-0.1, -0.05) is 0 Å². The summed E-state index contributed by atoms with van der Waals surface area (Å²) < 4.78 is 5.37. The summed E-state index contributed by atoms with van der Waals surface area (Å²) in [6.45, 7) is 3.83. The van der Waals surface area contributed by atoms with Crippen molar-refractivity contribution in [3.05, 3.63) is 29.8 Å². The number of ketones is 1. The van der Waals surface area contributed by atoms with E-state index in [0.29, 0.717) is 29.7 Å². The summed E-state index contributed by atoms with van der Waals surface area (Å²) >= 11 is 0. The van der Waals surface area contributed by atoms with Crippen molar-refractivity contribution >= 4 is 17.6 Å². The molecule has 5 heteroatoms. The van der Waals surface area contributed by atoms with Crippen LogP contribution in [0.2, 0.25) is 0 Å². The second-order valence-electron chi connectivity index (χ2n) is 6.56. The Kier molecular flexibility index (Phi) is 4.86. The number of anilines is 1. The predicted octanol–water partition coefficient (Wildman–Crippen LogP) is 2.78. The first kappa shape index (κ1) is 16.5. The van der Waals surface area contributed by atoms with Crippen LogP contribution in [0, 0.1) is 24.2 Å². The van der Waals surface area contributed by atoms with Gasteiger partial charge in [0.1, 0.15) is 6.61 Å². The highest BCUT2D eigenvalue weighted by atomic mass is 16.5. The molecule has 4 atom stereocenters. The largest absolute Gasteiger partial charge is 0.448 e. The maximum Gasteiger partial charge on any atom is 0.411 e. The zero-order chi connectivity index (χ0) is 17.1. The average Bonchev–Trinajstić information content (AvgIpc) is 2.60. The molecule has 2 bridgehead atoms. The van der Waals surface area contributed by atoms with E-state index in [1.807, 2.05) is 0 Å². The number of nitrogens with zero attached hydrogens (tertiary/aromatic N) is 1. The topological polar surface area (TPSA) is 58.6 Å². The molecule has 0 spiro atoms. The summed E-state index contributed by atoms with van der Waals surface area (Å²) in [5, 5.41) is 2.69. The summed E-state index contributed by atoms with van der Waals surface area (Å²) in [4.78, 5) is 25.5. The van der Waals surface area contributed by atoms with Crippen molar-refractivity contribution in [2.24, 2.45) is 11.8 Å². The minimum absolute atomic E-state index is 0.00389. The molecule has 0 aromatic heterocycles. The zero-order valence-corrected chi connectivity index (χ0v) is 13.8. The second-order valence-corrected chi connectivity index (χ2v) is 6.56. The molecule has 126 valence electrons. The Hall–Kier alpha value is -2.32. The van der Waals surface area contributed by atoms with Crippen molar-refractivity contribution in [2.75, 3.05) is 25.0 Å². The number of terminal acetylenes is 1. The van der Waals surface area contributed by atoms with E-state index < -0.39 is 6.09 Å². The Morgan fingerprint density at radius 1 is 1.38 bits per heavy atom. The fourth-order valence-corrected chi connectivity index (χ4v) is 3.61. The highest BCUT2D eigenvalue weighted by molar-refractivity contribution is 5.94. The number of amides is 1. The highest BCUT2D eigenvalue weighted by Gasteiger charge is 2.39. The SMILES string of the molecule is C#C[C@H]1CN2CC[C@H]1C[C@@H]2COC(=O)Nc1ccc(C(C)=O)cc1. The molecule has 1 unspecified atom stereocenters. The quantitative estimate of drug-likeness (QED) is 0.683. The minimum atomic E-state index is -0.471. The lowest BCUT2D eigenvalue weighted by Gasteiger charge is -2.48. The molecule has 3 aliphatic heterocycles. The standard InChI is InChI=1S/C19H22N2O3/c1-3-14-11-21-9-8-16(14)10-18(21)12-24-19(23)20-17-6-4-15(5-7-17)13(2)22/h1,4-7,14,16,18H,8-12H2,2H3,(H,20,23)/t14-,16-,18+/m0/s1. The van der Waals surface area contributed by atoms with Gasteiger partial charge in [0, 0.05) is 29.8 Å². The van der Waals surface area contributed by atoms with Crippen LogP contribution in [0.25, 0.3) is 0 Å². The first-order chi connectivity index (χ1) is 11.6. The van der Waals surface area contributed by atoms with E-state index in [0.717, 1.165) is 25.9 Å². The molecule has 3 aliphatic rings. The molecule has 3 heterocycles. The molecule has 1 N–H and O–H groups in total. The molecule has 1 aromatic carbocycles.